The monoisotopic (exact) mass is 310 g/mol. The van der Waals surface area contributed by atoms with Gasteiger partial charge in [0.1, 0.15) is 35.2 Å². The maximum absolute atomic E-state index is 10.4. The van der Waals surface area contributed by atoms with Crippen molar-refractivity contribution in [1.82, 2.24) is 15.0 Å². The second-order valence-corrected chi connectivity index (χ2v) is 5.78. The Morgan fingerprint density at radius 2 is 2.00 bits per heavy atom. The first-order chi connectivity index (χ1) is 11.2. The molecule has 1 aromatic carbocycles. The van der Waals surface area contributed by atoms with Crippen LogP contribution in [0.5, 0.6) is 5.75 Å². The van der Waals surface area contributed by atoms with Crippen LogP contribution in [0.3, 0.4) is 0 Å². The molecule has 0 amide bonds. The zero-order valence-corrected chi connectivity index (χ0v) is 12.8. The van der Waals surface area contributed by atoms with E-state index in [1.54, 1.807) is 0 Å². The fourth-order valence-electron chi connectivity index (χ4n) is 2.99. The number of fused-ring (bicyclic) bond motifs is 1. The number of aliphatic hydroxyl groups is 1. The van der Waals surface area contributed by atoms with Crippen LogP contribution in [0.2, 0.25) is 0 Å². The van der Waals surface area contributed by atoms with Crippen molar-refractivity contribution in [2.45, 2.75) is 19.1 Å². The Morgan fingerprint density at radius 1 is 1.17 bits per heavy atom. The molecule has 23 heavy (non-hydrogen) atoms. The van der Waals surface area contributed by atoms with Crippen LogP contribution in [-0.4, -0.2) is 45.4 Å². The summed E-state index contributed by atoms with van der Waals surface area (Å²) in [6.07, 6.45) is 1.02. The van der Waals surface area contributed by atoms with Crippen molar-refractivity contribution >= 4 is 16.9 Å². The molecule has 0 radical (unpaired) electrons. The van der Waals surface area contributed by atoms with Gasteiger partial charge in [0.25, 0.3) is 0 Å². The minimum absolute atomic E-state index is 0.276. The molecule has 3 heterocycles. The van der Waals surface area contributed by atoms with Gasteiger partial charge in [0, 0.05) is 12.7 Å². The third-order valence-corrected chi connectivity index (χ3v) is 4.07. The molecule has 2 aromatic heterocycles. The van der Waals surface area contributed by atoms with E-state index in [9.17, 15) is 5.11 Å². The summed E-state index contributed by atoms with van der Waals surface area (Å²) in [4.78, 5) is 14.1. The molecule has 6 heteroatoms. The normalized spacial score (nSPS) is 21.0. The number of H-pyrrole nitrogens is 1. The molecule has 1 aliphatic rings. The Labute approximate surface area is 133 Å². The lowest BCUT2D eigenvalue weighted by Crippen LogP contribution is -2.30. The summed E-state index contributed by atoms with van der Waals surface area (Å²) in [7, 11) is 0. The average molecular weight is 310 g/mol. The van der Waals surface area contributed by atoms with Crippen molar-refractivity contribution in [3.63, 3.8) is 0 Å². The molecule has 1 saturated heterocycles. The third kappa shape index (κ3) is 2.61. The van der Waals surface area contributed by atoms with Gasteiger partial charge in [0.2, 0.25) is 0 Å². The van der Waals surface area contributed by atoms with Crippen molar-refractivity contribution in [2.75, 3.05) is 18.0 Å². The van der Waals surface area contributed by atoms with Crippen LogP contribution < -0.4 is 9.64 Å². The molecular formula is C17H18N4O2. The van der Waals surface area contributed by atoms with Gasteiger partial charge in [-0.1, -0.05) is 18.2 Å². The number of para-hydroxylation sites is 1. The third-order valence-electron chi connectivity index (χ3n) is 4.07. The predicted octanol–water partition coefficient (Wildman–Crippen LogP) is 1.89. The van der Waals surface area contributed by atoms with Gasteiger partial charge in [-0.3, -0.25) is 0 Å². The predicted molar refractivity (Wildman–Crippen MR) is 87.7 cm³/mol. The zero-order chi connectivity index (χ0) is 15.8. The summed E-state index contributed by atoms with van der Waals surface area (Å²) >= 11 is 0. The highest BCUT2D eigenvalue weighted by molar-refractivity contribution is 5.87. The van der Waals surface area contributed by atoms with Crippen molar-refractivity contribution in [3.8, 4) is 5.75 Å². The first kappa shape index (κ1) is 14.0. The molecule has 118 valence electrons. The van der Waals surface area contributed by atoms with E-state index in [2.05, 4.69) is 19.9 Å². The van der Waals surface area contributed by atoms with E-state index in [0.717, 1.165) is 22.6 Å². The maximum Gasteiger partial charge on any atom is 0.144 e. The number of anilines is 1. The van der Waals surface area contributed by atoms with Gasteiger partial charge in [0.15, 0.2) is 0 Å². The van der Waals surface area contributed by atoms with Crippen molar-refractivity contribution < 1.29 is 9.84 Å². The average Bonchev–Trinajstić information content (AvgIpc) is 3.15. The number of rotatable bonds is 3. The number of hydrogen-bond donors (Lipinski definition) is 2. The molecule has 2 atom stereocenters. The number of benzene rings is 1. The van der Waals surface area contributed by atoms with E-state index < -0.39 is 6.10 Å². The Balaban J connectivity index is 1.60. The fraction of sp³-hybridized carbons (Fsp3) is 0.294. The van der Waals surface area contributed by atoms with Crippen LogP contribution in [0.25, 0.3) is 11.0 Å². The van der Waals surface area contributed by atoms with E-state index >= 15 is 0 Å². The molecule has 0 saturated carbocycles. The van der Waals surface area contributed by atoms with Gasteiger partial charge >= 0.3 is 0 Å². The highest BCUT2D eigenvalue weighted by Gasteiger charge is 2.34. The largest absolute Gasteiger partial charge is 0.486 e. The first-order valence-electron chi connectivity index (χ1n) is 7.67. The molecule has 2 N–H and O–H groups in total. The molecule has 1 fully saturated rings. The molecule has 0 spiro atoms. The summed E-state index contributed by atoms with van der Waals surface area (Å²) in [5, 5.41) is 11.3. The Bertz CT molecular complexity index is 818. The Hall–Kier alpha value is -2.60. The number of ether oxygens (including phenoxy) is 1. The number of β-amino-alcohol motifs (C(OH)–C–C–N with tert-alkyl or cyclic N) is 1. The van der Waals surface area contributed by atoms with E-state index in [1.807, 2.05) is 49.5 Å². The van der Waals surface area contributed by atoms with Gasteiger partial charge in [-0.15, -0.1) is 0 Å². The highest BCUT2D eigenvalue weighted by Crippen LogP contribution is 2.28. The van der Waals surface area contributed by atoms with E-state index in [0.29, 0.717) is 18.9 Å². The van der Waals surface area contributed by atoms with E-state index in [-0.39, 0.29) is 6.10 Å². The summed E-state index contributed by atoms with van der Waals surface area (Å²) in [5.41, 5.74) is 0.814. The van der Waals surface area contributed by atoms with Crippen LogP contribution in [-0.2, 0) is 0 Å². The molecule has 4 rings (SSSR count). The lowest BCUT2D eigenvalue weighted by atomic mass is 10.2. The van der Waals surface area contributed by atoms with Crippen LogP contribution >= 0.6 is 0 Å². The van der Waals surface area contributed by atoms with Gasteiger partial charge in [-0.05, 0) is 25.1 Å². The molecule has 1 aliphatic heterocycles. The fourth-order valence-corrected chi connectivity index (χ4v) is 2.99. The number of aromatic nitrogens is 3. The summed E-state index contributed by atoms with van der Waals surface area (Å²) in [6, 6.07) is 11.5. The zero-order valence-electron chi connectivity index (χ0n) is 12.8. The standard InChI is InChI=1S/C17H18N4O2/c1-11-19-16-13(7-8-18-16)17(20-11)21-9-14(22)15(10-21)23-12-5-3-2-4-6-12/h2-8,14-15,22H,9-10H2,1H3,(H,18,19,20)/t14-,15-/m1/s1. The number of aliphatic hydroxyl groups excluding tert-OH is 1. The van der Waals surface area contributed by atoms with Crippen molar-refractivity contribution in [2.24, 2.45) is 0 Å². The van der Waals surface area contributed by atoms with Gasteiger partial charge in [-0.2, -0.15) is 0 Å². The minimum atomic E-state index is -0.556. The SMILES string of the molecule is Cc1nc(N2C[C@@H](O)[C@H](Oc3ccccc3)C2)c2cc[nH]c2n1. The number of nitrogens with one attached hydrogen (secondary N) is 1. The lowest BCUT2D eigenvalue weighted by Gasteiger charge is -2.18. The van der Waals surface area contributed by atoms with Crippen molar-refractivity contribution in [3.05, 3.63) is 48.4 Å². The van der Waals surface area contributed by atoms with Crippen LogP contribution in [0, 0.1) is 6.92 Å². The molecular weight excluding hydrogens is 292 g/mol. The second-order valence-electron chi connectivity index (χ2n) is 5.78. The number of aromatic amines is 1. The summed E-state index contributed by atoms with van der Waals surface area (Å²) < 4.78 is 5.92. The summed E-state index contributed by atoms with van der Waals surface area (Å²) in [6.45, 7) is 2.95. The van der Waals surface area contributed by atoms with E-state index in [1.165, 1.54) is 0 Å². The first-order valence-corrected chi connectivity index (χ1v) is 7.67. The summed E-state index contributed by atoms with van der Waals surface area (Å²) in [5.74, 6) is 2.31. The molecule has 0 aliphatic carbocycles. The molecule has 0 unspecified atom stereocenters. The minimum Gasteiger partial charge on any atom is -0.486 e. The maximum atomic E-state index is 10.4. The van der Waals surface area contributed by atoms with Gasteiger partial charge in [-0.25, -0.2) is 9.97 Å². The highest BCUT2D eigenvalue weighted by atomic mass is 16.5. The molecule has 3 aromatic rings. The van der Waals surface area contributed by atoms with E-state index in [4.69, 9.17) is 4.74 Å². The van der Waals surface area contributed by atoms with Crippen molar-refractivity contribution in [1.29, 1.82) is 0 Å². The Kier molecular flexibility index (Phi) is 3.38. The topological polar surface area (TPSA) is 74.3 Å². The molecule has 6 nitrogen and oxygen atoms in total. The number of nitrogens with zero attached hydrogens (tertiary/aromatic N) is 3. The lowest BCUT2D eigenvalue weighted by molar-refractivity contribution is 0.0738. The van der Waals surface area contributed by atoms with Crippen LogP contribution in [0.1, 0.15) is 5.82 Å². The second kappa shape index (κ2) is 5.55. The van der Waals surface area contributed by atoms with Gasteiger partial charge in [0.05, 0.1) is 11.9 Å². The Morgan fingerprint density at radius 3 is 2.83 bits per heavy atom. The number of aryl methyl sites for hydroxylation is 1. The smallest absolute Gasteiger partial charge is 0.144 e. The van der Waals surface area contributed by atoms with Gasteiger partial charge < -0.3 is 19.7 Å². The molecule has 0 bridgehead atoms. The van der Waals surface area contributed by atoms with Crippen LogP contribution in [0.4, 0.5) is 5.82 Å². The quantitative estimate of drug-likeness (QED) is 0.773. The number of hydrogen-bond acceptors (Lipinski definition) is 5. The van der Waals surface area contributed by atoms with Crippen LogP contribution in [0.15, 0.2) is 42.6 Å².